The van der Waals surface area contributed by atoms with E-state index >= 15 is 0 Å². The summed E-state index contributed by atoms with van der Waals surface area (Å²) in [6.45, 7) is 4.61. The Labute approximate surface area is 91.3 Å². The highest BCUT2D eigenvalue weighted by Crippen LogP contribution is 2.30. The van der Waals surface area contributed by atoms with Crippen molar-refractivity contribution in [3.63, 3.8) is 0 Å². The van der Waals surface area contributed by atoms with Gasteiger partial charge in [0.15, 0.2) is 11.6 Å². The van der Waals surface area contributed by atoms with Crippen LogP contribution in [0.2, 0.25) is 0 Å². The zero-order valence-electron chi connectivity index (χ0n) is 8.14. The Morgan fingerprint density at radius 2 is 2.21 bits per heavy atom. The molecule has 0 heterocycles. The molecule has 0 saturated carbocycles. The fraction of sp³-hybridized carbons (Fsp3) is 0.400. The molecular weight excluding hydrogens is 249 g/mol. The van der Waals surface area contributed by atoms with Crippen LogP contribution in [0.1, 0.15) is 25.5 Å². The smallest absolute Gasteiger partial charge is 0.166 e. The quantitative estimate of drug-likeness (QED) is 0.877. The molecule has 0 spiro atoms. The molecule has 2 N–H and O–H groups in total. The molecule has 1 atom stereocenters. The molecule has 1 aromatic rings. The highest BCUT2D eigenvalue weighted by molar-refractivity contribution is 9.10. The number of phenolic OH excluding ortho intramolecular Hbond substituents is 1. The average Bonchev–Trinajstić information content (AvgIpc) is 2.11. The van der Waals surface area contributed by atoms with Crippen LogP contribution in [0.5, 0.6) is 5.75 Å². The van der Waals surface area contributed by atoms with E-state index in [0.717, 1.165) is 6.54 Å². The minimum Gasteiger partial charge on any atom is -0.505 e. The van der Waals surface area contributed by atoms with E-state index in [1.54, 1.807) is 6.07 Å². The van der Waals surface area contributed by atoms with Crippen molar-refractivity contribution in [2.45, 2.75) is 19.9 Å². The van der Waals surface area contributed by atoms with Crippen molar-refractivity contribution in [3.8, 4) is 5.75 Å². The first-order valence-corrected chi connectivity index (χ1v) is 5.26. The normalized spacial score (nSPS) is 12.9. The fourth-order valence-electron chi connectivity index (χ4n) is 1.33. The Morgan fingerprint density at radius 1 is 1.57 bits per heavy atom. The van der Waals surface area contributed by atoms with Gasteiger partial charge in [0.1, 0.15) is 0 Å². The van der Waals surface area contributed by atoms with Crippen LogP contribution in [0.15, 0.2) is 16.6 Å². The van der Waals surface area contributed by atoms with Crippen molar-refractivity contribution in [2.24, 2.45) is 0 Å². The van der Waals surface area contributed by atoms with Gasteiger partial charge in [-0.05, 0) is 25.6 Å². The summed E-state index contributed by atoms with van der Waals surface area (Å²) in [4.78, 5) is 0. The molecule has 2 nitrogen and oxygen atoms in total. The van der Waals surface area contributed by atoms with Crippen LogP contribution in [0.4, 0.5) is 4.39 Å². The predicted molar refractivity (Wildman–Crippen MR) is 57.9 cm³/mol. The Hall–Kier alpha value is -0.610. The number of benzene rings is 1. The zero-order chi connectivity index (χ0) is 10.7. The number of nitrogens with one attached hydrogen (secondary N) is 1. The molecule has 1 aromatic carbocycles. The van der Waals surface area contributed by atoms with Crippen LogP contribution >= 0.6 is 15.9 Å². The van der Waals surface area contributed by atoms with Gasteiger partial charge in [0.2, 0.25) is 0 Å². The lowest BCUT2D eigenvalue weighted by Crippen LogP contribution is -2.18. The van der Waals surface area contributed by atoms with E-state index in [4.69, 9.17) is 0 Å². The molecule has 14 heavy (non-hydrogen) atoms. The van der Waals surface area contributed by atoms with Crippen molar-refractivity contribution >= 4 is 15.9 Å². The Morgan fingerprint density at radius 3 is 2.79 bits per heavy atom. The number of halogens is 2. The summed E-state index contributed by atoms with van der Waals surface area (Å²) in [7, 11) is 0. The van der Waals surface area contributed by atoms with Gasteiger partial charge in [0.05, 0.1) is 0 Å². The molecule has 0 saturated heterocycles. The van der Waals surface area contributed by atoms with E-state index in [0.29, 0.717) is 10.0 Å². The molecule has 0 radical (unpaired) electrons. The first kappa shape index (κ1) is 11.5. The third-order valence-corrected chi connectivity index (χ3v) is 2.49. The minimum atomic E-state index is -0.598. The summed E-state index contributed by atoms with van der Waals surface area (Å²) in [5.41, 5.74) is 0.568. The molecule has 0 aliphatic rings. The largest absolute Gasteiger partial charge is 0.505 e. The standard InChI is InChI=1S/C10H13BrFNO/c1-3-13-6(2)8-4-7(11)5-9(12)10(8)14/h4-6,13-14H,3H2,1-2H3. The SMILES string of the molecule is CCNC(C)c1cc(Br)cc(F)c1O. The van der Waals surface area contributed by atoms with E-state index in [1.807, 2.05) is 13.8 Å². The summed E-state index contributed by atoms with van der Waals surface area (Å²) in [5, 5.41) is 12.6. The molecule has 1 unspecified atom stereocenters. The number of rotatable bonds is 3. The third kappa shape index (κ3) is 2.45. The van der Waals surface area contributed by atoms with Gasteiger partial charge in [-0.15, -0.1) is 0 Å². The highest BCUT2D eigenvalue weighted by Gasteiger charge is 2.13. The molecule has 0 aliphatic carbocycles. The topological polar surface area (TPSA) is 32.3 Å². The van der Waals surface area contributed by atoms with Crippen molar-refractivity contribution < 1.29 is 9.50 Å². The monoisotopic (exact) mass is 261 g/mol. The van der Waals surface area contributed by atoms with Crippen LogP contribution in [0.25, 0.3) is 0 Å². The van der Waals surface area contributed by atoms with Gasteiger partial charge in [-0.3, -0.25) is 0 Å². The molecule has 78 valence electrons. The maximum absolute atomic E-state index is 13.1. The molecule has 0 aliphatic heterocycles. The summed E-state index contributed by atoms with van der Waals surface area (Å²) < 4.78 is 13.8. The van der Waals surface area contributed by atoms with E-state index in [-0.39, 0.29) is 11.8 Å². The second kappa shape index (κ2) is 4.75. The molecular formula is C10H13BrFNO. The molecule has 4 heteroatoms. The van der Waals surface area contributed by atoms with Gasteiger partial charge in [-0.25, -0.2) is 4.39 Å². The Kier molecular flexibility index (Phi) is 3.89. The number of hydrogen-bond acceptors (Lipinski definition) is 2. The van der Waals surface area contributed by atoms with Crippen LogP contribution < -0.4 is 5.32 Å². The lowest BCUT2D eigenvalue weighted by Gasteiger charge is -2.15. The minimum absolute atomic E-state index is 0.0630. The predicted octanol–water partition coefficient (Wildman–Crippen LogP) is 2.96. The van der Waals surface area contributed by atoms with E-state index in [2.05, 4.69) is 21.2 Å². The number of hydrogen-bond donors (Lipinski definition) is 2. The summed E-state index contributed by atoms with van der Waals surface area (Å²) >= 11 is 3.19. The van der Waals surface area contributed by atoms with Crippen molar-refractivity contribution in [2.75, 3.05) is 6.54 Å². The maximum Gasteiger partial charge on any atom is 0.166 e. The Balaban J connectivity index is 3.07. The maximum atomic E-state index is 13.1. The van der Waals surface area contributed by atoms with Gasteiger partial charge in [0.25, 0.3) is 0 Å². The van der Waals surface area contributed by atoms with E-state index in [1.165, 1.54) is 6.07 Å². The average molecular weight is 262 g/mol. The summed E-state index contributed by atoms with van der Waals surface area (Å²) in [6, 6.07) is 2.90. The van der Waals surface area contributed by atoms with Crippen LogP contribution in [-0.4, -0.2) is 11.7 Å². The van der Waals surface area contributed by atoms with Gasteiger partial charge < -0.3 is 10.4 Å². The van der Waals surface area contributed by atoms with Crippen molar-refractivity contribution in [3.05, 3.63) is 28.0 Å². The fourth-order valence-corrected chi connectivity index (χ4v) is 1.78. The van der Waals surface area contributed by atoms with Gasteiger partial charge >= 0.3 is 0 Å². The third-order valence-electron chi connectivity index (χ3n) is 2.03. The Bertz CT molecular complexity index is 330. The van der Waals surface area contributed by atoms with Crippen molar-refractivity contribution in [1.29, 1.82) is 0 Å². The van der Waals surface area contributed by atoms with Crippen LogP contribution in [0.3, 0.4) is 0 Å². The zero-order valence-corrected chi connectivity index (χ0v) is 9.73. The molecule has 0 amide bonds. The number of phenols is 1. The first-order chi connectivity index (χ1) is 6.56. The van der Waals surface area contributed by atoms with Crippen LogP contribution in [-0.2, 0) is 0 Å². The van der Waals surface area contributed by atoms with Crippen LogP contribution in [0, 0.1) is 5.82 Å². The summed E-state index contributed by atoms with van der Waals surface area (Å²) in [6.07, 6.45) is 0. The van der Waals surface area contributed by atoms with E-state index < -0.39 is 5.82 Å². The lowest BCUT2D eigenvalue weighted by atomic mass is 10.1. The molecule has 0 aromatic heterocycles. The van der Waals surface area contributed by atoms with E-state index in [9.17, 15) is 9.50 Å². The molecule has 0 fully saturated rings. The van der Waals surface area contributed by atoms with Crippen molar-refractivity contribution in [1.82, 2.24) is 5.32 Å². The van der Waals surface area contributed by atoms with Gasteiger partial charge in [-0.2, -0.15) is 0 Å². The molecule has 1 rings (SSSR count). The lowest BCUT2D eigenvalue weighted by molar-refractivity contribution is 0.415. The second-order valence-corrected chi connectivity index (χ2v) is 4.02. The van der Waals surface area contributed by atoms with Gasteiger partial charge in [-0.1, -0.05) is 22.9 Å². The first-order valence-electron chi connectivity index (χ1n) is 4.47. The van der Waals surface area contributed by atoms with Gasteiger partial charge in [0, 0.05) is 16.1 Å². The molecule has 0 bridgehead atoms. The summed E-state index contributed by atoms with van der Waals surface area (Å²) in [5.74, 6) is -0.874. The second-order valence-electron chi connectivity index (χ2n) is 3.10. The highest BCUT2D eigenvalue weighted by atomic mass is 79.9. The number of aromatic hydroxyl groups is 1.